The molecule has 0 unspecified atom stereocenters. The molecule has 1 aromatic rings. The minimum atomic E-state index is 0. The van der Waals surface area contributed by atoms with Crippen molar-refractivity contribution in [1.29, 1.82) is 0 Å². The Balaban J connectivity index is 0.00000200. The van der Waals surface area contributed by atoms with Crippen molar-refractivity contribution in [2.24, 2.45) is 10.1 Å². The molecule has 0 aromatic carbocycles. The summed E-state index contributed by atoms with van der Waals surface area (Å²) in [5.74, 6) is 0.865. The third-order valence-corrected chi connectivity index (χ3v) is 4.04. The second kappa shape index (κ2) is 7.55. The van der Waals surface area contributed by atoms with Crippen molar-refractivity contribution in [1.82, 2.24) is 9.99 Å². The van der Waals surface area contributed by atoms with Gasteiger partial charge in [0.05, 0.1) is 5.71 Å². The molecule has 0 fully saturated rings. The number of aromatic nitrogens is 1. The second-order valence-electron chi connectivity index (χ2n) is 4.42. The molecule has 110 valence electrons. The van der Waals surface area contributed by atoms with Crippen molar-refractivity contribution in [3.8, 4) is 0 Å². The van der Waals surface area contributed by atoms with E-state index in [2.05, 4.69) is 46.6 Å². The Hall–Kier alpha value is -1.20. The molecule has 0 bridgehead atoms. The van der Waals surface area contributed by atoms with Crippen LogP contribution in [0.2, 0.25) is 0 Å². The number of hydrogen-bond donors (Lipinski definition) is 1. The number of hydrazone groups is 1. The lowest BCUT2D eigenvalue weighted by Crippen LogP contribution is -2.25. The molecular formula is C14H21ClN4S. The Morgan fingerprint density at radius 2 is 2.30 bits per heavy atom. The lowest BCUT2D eigenvalue weighted by atomic mass is 10.1. The fourth-order valence-corrected chi connectivity index (χ4v) is 3.01. The Kier molecular flexibility index (Phi) is 6.36. The summed E-state index contributed by atoms with van der Waals surface area (Å²) in [6.45, 7) is 11.7. The standard InChI is InChI=1S/C14H20N4S.ClH/c1-5-7-18-10(3)8-12(11(18)4)13-9-19-14(15-6-2)17-16-13;/h5,8H,1,6-7,9H2,2-4H3,(H,15,17);1H. The Bertz CT molecular complexity index is 546. The van der Waals surface area contributed by atoms with Gasteiger partial charge in [0.25, 0.3) is 0 Å². The van der Waals surface area contributed by atoms with Crippen molar-refractivity contribution >= 4 is 35.0 Å². The van der Waals surface area contributed by atoms with E-state index in [9.17, 15) is 0 Å². The zero-order chi connectivity index (χ0) is 13.8. The quantitative estimate of drug-likeness (QED) is 0.868. The van der Waals surface area contributed by atoms with Gasteiger partial charge in [-0.05, 0) is 26.8 Å². The van der Waals surface area contributed by atoms with Crippen LogP contribution in [0.5, 0.6) is 0 Å². The molecule has 0 atom stereocenters. The molecule has 1 aliphatic heterocycles. The van der Waals surface area contributed by atoms with E-state index >= 15 is 0 Å². The van der Waals surface area contributed by atoms with Gasteiger partial charge in [-0.2, -0.15) is 5.10 Å². The fourth-order valence-electron chi connectivity index (χ4n) is 2.18. The van der Waals surface area contributed by atoms with E-state index in [-0.39, 0.29) is 12.4 Å². The molecule has 0 radical (unpaired) electrons. The lowest BCUT2D eigenvalue weighted by Gasteiger charge is -2.15. The van der Waals surface area contributed by atoms with E-state index in [1.54, 1.807) is 11.8 Å². The number of rotatable bonds is 4. The van der Waals surface area contributed by atoms with Gasteiger partial charge in [0.15, 0.2) is 5.17 Å². The maximum atomic E-state index is 4.45. The molecule has 2 heterocycles. The van der Waals surface area contributed by atoms with Gasteiger partial charge >= 0.3 is 0 Å². The number of nitrogens with zero attached hydrogens (tertiary/aromatic N) is 3. The van der Waals surface area contributed by atoms with E-state index in [0.717, 1.165) is 29.7 Å². The van der Waals surface area contributed by atoms with Crippen LogP contribution >= 0.6 is 24.2 Å². The van der Waals surface area contributed by atoms with Crippen LogP contribution in [0.1, 0.15) is 23.9 Å². The predicted octanol–water partition coefficient (Wildman–Crippen LogP) is 3.13. The van der Waals surface area contributed by atoms with Crippen LogP contribution in [0.3, 0.4) is 0 Å². The minimum absolute atomic E-state index is 0. The normalized spacial score (nSPS) is 16.4. The number of hydrogen-bond acceptors (Lipinski definition) is 3. The third kappa shape index (κ3) is 3.46. The van der Waals surface area contributed by atoms with E-state index in [0.29, 0.717) is 0 Å². The number of halogens is 1. The van der Waals surface area contributed by atoms with Gasteiger partial charge in [0, 0.05) is 35.8 Å². The molecule has 1 aromatic heterocycles. The summed E-state index contributed by atoms with van der Waals surface area (Å²) in [5.41, 5.74) is 7.82. The van der Waals surface area contributed by atoms with Crippen LogP contribution in [0.25, 0.3) is 0 Å². The molecule has 0 amide bonds. The Labute approximate surface area is 130 Å². The maximum absolute atomic E-state index is 4.45. The van der Waals surface area contributed by atoms with Gasteiger partial charge in [0.2, 0.25) is 0 Å². The van der Waals surface area contributed by atoms with Gasteiger partial charge < -0.3 is 4.57 Å². The van der Waals surface area contributed by atoms with Crippen molar-refractivity contribution < 1.29 is 0 Å². The Morgan fingerprint density at radius 3 is 2.85 bits per heavy atom. The zero-order valence-electron chi connectivity index (χ0n) is 12.1. The molecule has 2 rings (SSSR count). The highest BCUT2D eigenvalue weighted by Crippen LogP contribution is 2.20. The summed E-state index contributed by atoms with van der Waals surface area (Å²) in [7, 11) is 0. The lowest BCUT2D eigenvalue weighted by molar-refractivity contribution is 0.768. The molecule has 0 saturated heterocycles. The van der Waals surface area contributed by atoms with Gasteiger partial charge in [-0.15, -0.1) is 19.0 Å². The van der Waals surface area contributed by atoms with Gasteiger partial charge in [0.1, 0.15) is 0 Å². The van der Waals surface area contributed by atoms with Crippen LogP contribution < -0.4 is 5.43 Å². The molecule has 1 N–H and O–H groups in total. The van der Waals surface area contributed by atoms with Crippen molar-refractivity contribution in [3.63, 3.8) is 0 Å². The first-order valence-electron chi connectivity index (χ1n) is 6.45. The molecule has 4 nitrogen and oxygen atoms in total. The van der Waals surface area contributed by atoms with Crippen LogP contribution in [0, 0.1) is 13.8 Å². The summed E-state index contributed by atoms with van der Waals surface area (Å²) < 4.78 is 2.26. The molecule has 20 heavy (non-hydrogen) atoms. The summed E-state index contributed by atoms with van der Waals surface area (Å²) in [4.78, 5) is 4.33. The second-order valence-corrected chi connectivity index (χ2v) is 5.39. The average molecular weight is 313 g/mol. The number of aryl methyl sites for hydroxylation is 1. The highest BCUT2D eigenvalue weighted by molar-refractivity contribution is 8.14. The summed E-state index contributed by atoms with van der Waals surface area (Å²) in [6, 6.07) is 2.20. The highest BCUT2D eigenvalue weighted by atomic mass is 35.5. The predicted molar refractivity (Wildman–Crippen MR) is 91.5 cm³/mol. The van der Waals surface area contributed by atoms with E-state index in [1.165, 1.54) is 17.0 Å². The van der Waals surface area contributed by atoms with Crippen LogP contribution in [-0.2, 0) is 6.54 Å². The van der Waals surface area contributed by atoms with E-state index in [4.69, 9.17) is 0 Å². The van der Waals surface area contributed by atoms with Crippen LogP contribution in [0.4, 0.5) is 0 Å². The van der Waals surface area contributed by atoms with Crippen molar-refractivity contribution in [2.75, 3.05) is 12.3 Å². The monoisotopic (exact) mass is 312 g/mol. The zero-order valence-corrected chi connectivity index (χ0v) is 13.8. The number of amidine groups is 1. The van der Waals surface area contributed by atoms with Gasteiger partial charge in [-0.25, -0.2) is 0 Å². The number of thioether (sulfide) groups is 1. The number of nitrogens with one attached hydrogen (secondary N) is 1. The molecule has 1 aliphatic rings. The minimum Gasteiger partial charge on any atom is -0.345 e. The average Bonchev–Trinajstić information content (AvgIpc) is 2.69. The number of aliphatic imine (C=N–C) groups is 1. The Morgan fingerprint density at radius 1 is 1.55 bits per heavy atom. The van der Waals surface area contributed by atoms with E-state index in [1.807, 2.05) is 13.0 Å². The van der Waals surface area contributed by atoms with Crippen molar-refractivity contribution in [3.05, 3.63) is 35.7 Å². The SMILES string of the molecule is C=CCn1c(C)cc(C2=NNC(=NCC)SC2)c1C.Cl. The van der Waals surface area contributed by atoms with Crippen LogP contribution in [0.15, 0.2) is 28.8 Å². The van der Waals surface area contributed by atoms with Gasteiger partial charge in [-0.3, -0.25) is 10.4 Å². The molecule has 6 heteroatoms. The molecule has 0 aliphatic carbocycles. The summed E-state index contributed by atoms with van der Waals surface area (Å²) in [5, 5.41) is 5.36. The van der Waals surface area contributed by atoms with E-state index < -0.39 is 0 Å². The fraction of sp³-hybridized carbons (Fsp3) is 0.429. The summed E-state index contributed by atoms with van der Waals surface area (Å²) in [6.07, 6.45) is 1.92. The van der Waals surface area contributed by atoms with Crippen LogP contribution in [-0.4, -0.2) is 27.7 Å². The van der Waals surface area contributed by atoms with Gasteiger partial charge in [-0.1, -0.05) is 17.8 Å². The smallest absolute Gasteiger partial charge is 0.177 e. The third-order valence-electron chi connectivity index (χ3n) is 3.13. The largest absolute Gasteiger partial charge is 0.345 e. The molecule has 0 saturated carbocycles. The number of allylic oxidation sites excluding steroid dienone is 1. The summed E-state index contributed by atoms with van der Waals surface area (Å²) >= 11 is 1.71. The van der Waals surface area contributed by atoms with Crippen molar-refractivity contribution in [2.45, 2.75) is 27.3 Å². The highest BCUT2D eigenvalue weighted by Gasteiger charge is 2.17. The topological polar surface area (TPSA) is 41.7 Å². The maximum Gasteiger partial charge on any atom is 0.177 e. The molecule has 0 spiro atoms. The molecular weight excluding hydrogens is 292 g/mol. The first-order valence-corrected chi connectivity index (χ1v) is 7.43. The first kappa shape index (κ1) is 16.9. The first-order chi connectivity index (χ1) is 9.17.